The van der Waals surface area contributed by atoms with Crippen molar-refractivity contribution in [2.45, 2.75) is 12.5 Å². The molecule has 1 N–H and O–H groups in total. The molecule has 0 aliphatic heterocycles. The van der Waals surface area contributed by atoms with Crippen molar-refractivity contribution in [3.05, 3.63) is 58.6 Å². The predicted molar refractivity (Wildman–Crippen MR) is 79.7 cm³/mol. The lowest BCUT2D eigenvalue weighted by Crippen LogP contribution is -2.04. The number of hydrogen-bond donors (Lipinski definition) is 1. The molecule has 1 atom stereocenters. The number of ether oxygens (including phenoxy) is 2. The summed E-state index contributed by atoms with van der Waals surface area (Å²) in [5, 5.41) is 10.9. The van der Waals surface area contributed by atoms with Crippen molar-refractivity contribution in [1.82, 2.24) is 0 Å². The summed E-state index contributed by atoms with van der Waals surface area (Å²) in [6, 6.07) is 12.9. The van der Waals surface area contributed by atoms with Gasteiger partial charge in [-0.15, -0.1) is 0 Å². The standard InChI is InChI=1S/C16H17ClO3/c1-19-13-6-3-11(4-7-13)9-15(18)14-8-5-12(17)10-16(14)20-2/h3-8,10,15,18H,9H2,1-2H3. The second kappa shape index (κ2) is 6.64. The molecule has 0 saturated heterocycles. The van der Waals surface area contributed by atoms with Crippen LogP contribution >= 0.6 is 11.6 Å². The van der Waals surface area contributed by atoms with E-state index in [0.717, 1.165) is 16.9 Å². The highest BCUT2D eigenvalue weighted by Gasteiger charge is 2.14. The van der Waals surface area contributed by atoms with E-state index in [2.05, 4.69) is 0 Å². The van der Waals surface area contributed by atoms with Crippen molar-refractivity contribution < 1.29 is 14.6 Å². The molecule has 0 aliphatic carbocycles. The molecule has 2 rings (SSSR count). The predicted octanol–water partition coefficient (Wildman–Crippen LogP) is 3.63. The van der Waals surface area contributed by atoms with Crippen LogP contribution in [0.3, 0.4) is 0 Å². The van der Waals surface area contributed by atoms with Gasteiger partial charge in [-0.1, -0.05) is 29.8 Å². The van der Waals surface area contributed by atoms with Gasteiger partial charge in [0.15, 0.2) is 0 Å². The smallest absolute Gasteiger partial charge is 0.126 e. The lowest BCUT2D eigenvalue weighted by Gasteiger charge is -2.15. The maximum absolute atomic E-state index is 10.3. The van der Waals surface area contributed by atoms with Gasteiger partial charge in [0.05, 0.1) is 20.3 Å². The Hall–Kier alpha value is -1.71. The SMILES string of the molecule is COc1ccc(CC(O)c2ccc(Cl)cc2OC)cc1. The van der Waals surface area contributed by atoms with Crippen LogP contribution in [0.4, 0.5) is 0 Å². The fourth-order valence-electron chi connectivity index (χ4n) is 2.06. The van der Waals surface area contributed by atoms with Crippen LogP contribution in [0, 0.1) is 0 Å². The molecule has 2 aromatic rings. The van der Waals surface area contributed by atoms with Crippen molar-refractivity contribution in [3.8, 4) is 11.5 Å². The van der Waals surface area contributed by atoms with Crippen LogP contribution in [-0.2, 0) is 6.42 Å². The molecule has 0 saturated carbocycles. The summed E-state index contributed by atoms with van der Waals surface area (Å²) in [5.74, 6) is 1.39. The van der Waals surface area contributed by atoms with Crippen molar-refractivity contribution in [2.75, 3.05) is 14.2 Å². The van der Waals surface area contributed by atoms with Crippen molar-refractivity contribution in [3.63, 3.8) is 0 Å². The average Bonchev–Trinajstić information content (AvgIpc) is 2.47. The third-order valence-electron chi connectivity index (χ3n) is 3.14. The van der Waals surface area contributed by atoms with Crippen LogP contribution in [0.1, 0.15) is 17.2 Å². The van der Waals surface area contributed by atoms with Crippen molar-refractivity contribution >= 4 is 11.6 Å². The number of hydrogen-bond acceptors (Lipinski definition) is 3. The second-order valence-corrected chi connectivity index (χ2v) is 4.89. The highest BCUT2D eigenvalue weighted by atomic mass is 35.5. The third kappa shape index (κ3) is 3.44. The summed E-state index contributed by atoms with van der Waals surface area (Å²) in [4.78, 5) is 0. The Bertz CT molecular complexity index is 566. The van der Waals surface area contributed by atoms with Gasteiger partial charge in [0.2, 0.25) is 0 Å². The zero-order chi connectivity index (χ0) is 14.5. The van der Waals surface area contributed by atoms with Gasteiger partial charge in [0, 0.05) is 17.0 Å². The molecule has 0 amide bonds. The van der Waals surface area contributed by atoms with Gasteiger partial charge in [-0.3, -0.25) is 0 Å². The summed E-state index contributed by atoms with van der Waals surface area (Å²) < 4.78 is 10.4. The molecule has 20 heavy (non-hydrogen) atoms. The van der Waals surface area contributed by atoms with E-state index in [-0.39, 0.29) is 0 Å². The van der Waals surface area contributed by atoms with Gasteiger partial charge in [0.25, 0.3) is 0 Å². The van der Waals surface area contributed by atoms with Crippen LogP contribution in [0.15, 0.2) is 42.5 Å². The van der Waals surface area contributed by atoms with Crippen molar-refractivity contribution in [1.29, 1.82) is 0 Å². The first kappa shape index (κ1) is 14.7. The molecule has 4 heteroatoms. The first-order valence-electron chi connectivity index (χ1n) is 6.28. The van der Waals surface area contributed by atoms with E-state index in [0.29, 0.717) is 17.2 Å². The Kier molecular flexibility index (Phi) is 4.88. The molecule has 0 aliphatic rings. The fraction of sp³-hybridized carbons (Fsp3) is 0.250. The maximum Gasteiger partial charge on any atom is 0.126 e. The van der Waals surface area contributed by atoms with Gasteiger partial charge in [0.1, 0.15) is 11.5 Å². The Morgan fingerprint density at radius 3 is 2.35 bits per heavy atom. The second-order valence-electron chi connectivity index (χ2n) is 4.45. The van der Waals surface area contributed by atoms with E-state index >= 15 is 0 Å². The number of methoxy groups -OCH3 is 2. The monoisotopic (exact) mass is 292 g/mol. The number of halogens is 1. The topological polar surface area (TPSA) is 38.7 Å². The average molecular weight is 293 g/mol. The summed E-state index contributed by atoms with van der Waals surface area (Å²) in [6.45, 7) is 0. The Morgan fingerprint density at radius 1 is 1.05 bits per heavy atom. The minimum Gasteiger partial charge on any atom is -0.497 e. The Labute approximate surface area is 123 Å². The lowest BCUT2D eigenvalue weighted by molar-refractivity contribution is 0.174. The van der Waals surface area contributed by atoms with E-state index in [4.69, 9.17) is 21.1 Å². The van der Waals surface area contributed by atoms with E-state index in [1.807, 2.05) is 24.3 Å². The molecule has 106 valence electrons. The van der Waals surface area contributed by atoms with Gasteiger partial charge in [-0.2, -0.15) is 0 Å². The van der Waals surface area contributed by atoms with Gasteiger partial charge in [-0.25, -0.2) is 0 Å². The van der Waals surface area contributed by atoms with Crippen LogP contribution < -0.4 is 9.47 Å². The summed E-state index contributed by atoms with van der Waals surface area (Å²) in [5.41, 5.74) is 1.75. The van der Waals surface area contributed by atoms with Crippen LogP contribution in [0.25, 0.3) is 0 Å². The quantitative estimate of drug-likeness (QED) is 0.914. The van der Waals surface area contributed by atoms with E-state index in [1.165, 1.54) is 0 Å². The fourth-order valence-corrected chi connectivity index (χ4v) is 2.22. The highest BCUT2D eigenvalue weighted by molar-refractivity contribution is 6.30. The lowest BCUT2D eigenvalue weighted by atomic mass is 10.0. The van der Waals surface area contributed by atoms with Gasteiger partial charge < -0.3 is 14.6 Å². The normalized spacial score (nSPS) is 12.0. The molecule has 0 fully saturated rings. The first-order valence-corrected chi connectivity index (χ1v) is 6.66. The van der Waals surface area contributed by atoms with E-state index in [9.17, 15) is 5.11 Å². The van der Waals surface area contributed by atoms with Gasteiger partial charge in [-0.05, 0) is 29.8 Å². The van der Waals surface area contributed by atoms with Gasteiger partial charge >= 0.3 is 0 Å². The Balaban J connectivity index is 2.16. The molecule has 2 aromatic carbocycles. The van der Waals surface area contributed by atoms with Crippen LogP contribution in [0.2, 0.25) is 5.02 Å². The van der Waals surface area contributed by atoms with Crippen LogP contribution in [0.5, 0.6) is 11.5 Å². The highest BCUT2D eigenvalue weighted by Crippen LogP contribution is 2.30. The van der Waals surface area contributed by atoms with E-state index in [1.54, 1.807) is 32.4 Å². The maximum atomic E-state index is 10.3. The largest absolute Gasteiger partial charge is 0.497 e. The molecule has 0 spiro atoms. The molecule has 0 heterocycles. The molecular formula is C16H17ClO3. The molecule has 0 bridgehead atoms. The Morgan fingerprint density at radius 2 is 1.75 bits per heavy atom. The molecule has 0 aromatic heterocycles. The summed E-state index contributed by atoms with van der Waals surface area (Å²) >= 11 is 5.92. The van der Waals surface area contributed by atoms with Crippen LogP contribution in [-0.4, -0.2) is 19.3 Å². The third-order valence-corrected chi connectivity index (χ3v) is 3.38. The zero-order valence-electron chi connectivity index (χ0n) is 11.5. The first-order chi connectivity index (χ1) is 9.63. The zero-order valence-corrected chi connectivity index (χ0v) is 12.2. The molecule has 3 nitrogen and oxygen atoms in total. The number of aliphatic hydroxyl groups excluding tert-OH is 1. The number of aliphatic hydroxyl groups is 1. The van der Waals surface area contributed by atoms with Crippen molar-refractivity contribution in [2.24, 2.45) is 0 Å². The number of rotatable bonds is 5. The minimum atomic E-state index is -0.643. The minimum absolute atomic E-state index is 0.502. The number of benzene rings is 2. The van der Waals surface area contributed by atoms with E-state index < -0.39 is 6.10 Å². The molecule has 0 radical (unpaired) electrons. The summed E-state index contributed by atoms with van der Waals surface area (Å²) in [7, 11) is 3.19. The summed E-state index contributed by atoms with van der Waals surface area (Å²) in [6.07, 6.45) is -0.141. The molecule has 1 unspecified atom stereocenters. The molecular weight excluding hydrogens is 276 g/mol.